The number of hydrogen-bond acceptors (Lipinski definition) is 24. The second-order valence-corrected chi connectivity index (χ2v) is 32.2. The predicted octanol–water partition coefficient (Wildman–Crippen LogP) is 6.53. The molecule has 7 aromatic rings. The van der Waals surface area contributed by atoms with Crippen LogP contribution in [0, 0.1) is 5.92 Å². The maximum atomic E-state index is 12.9. The summed E-state index contributed by atoms with van der Waals surface area (Å²) in [5.74, 6) is -1.61. The molecule has 0 saturated heterocycles. The van der Waals surface area contributed by atoms with Gasteiger partial charge in [-0.2, -0.15) is 0 Å². The molecule has 0 aromatic heterocycles. The van der Waals surface area contributed by atoms with Crippen LogP contribution in [0.5, 0.6) is 0 Å². The number of aliphatic carboxylic acids is 1. The Balaban J connectivity index is -0.00000127. The summed E-state index contributed by atoms with van der Waals surface area (Å²) in [5.41, 5.74) is 6.26. The van der Waals surface area contributed by atoms with Crippen LogP contribution in [0.4, 0.5) is 4.79 Å². The molecule has 0 spiro atoms. The van der Waals surface area contributed by atoms with Crippen molar-refractivity contribution in [2.24, 2.45) is 5.92 Å². The van der Waals surface area contributed by atoms with Crippen molar-refractivity contribution >= 4 is 87.8 Å². The Morgan fingerprint density at radius 2 is 0.910 bits per heavy atom. The molecule has 0 aliphatic carbocycles. The summed E-state index contributed by atoms with van der Waals surface area (Å²) < 4.78 is 64.7. The first-order valence-electron chi connectivity index (χ1n) is 34.1. The van der Waals surface area contributed by atoms with Gasteiger partial charge in [-0.25, -0.2) is 15.3 Å². The largest absolute Gasteiger partial charge is 1.00 e. The molecule has 2 amide bonds. The number of ether oxygens (including phenoxy) is 2. The number of rotatable bonds is 35. The maximum absolute atomic E-state index is 12.9. The number of amides is 2. The van der Waals surface area contributed by atoms with E-state index in [-0.39, 0.29) is 104 Å². The van der Waals surface area contributed by atoms with E-state index in [9.17, 15) is 66.8 Å². The Labute approximate surface area is 701 Å². The number of benzene rings is 7. The number of aliphatic hydroxyl groups is 1. The van der Waals surface area contributed by atoms with Gasteiger partial charge in [-0.05, 0) is 76.6 Å². The molecule has 596 valence electrons. The first-order valence-corrected chi connectivity index (χ1v) is 42.3. The van der Waals surface area contributed by atoms with Crippen LogP contribution in [0.1, 0.15) is 92.8 Å². The van der Waals surface area contributed by atoms with Crippen molar-refractivity contribution in [3.63, 3.8) is 0 Å². The number of carbonyl (C=O) groups excluding carboxylic acids is 7. The van der Waals surface area contributed by atoms with Gasteiger partial charge >= 0.3 is 78.5 Å². The summed E-state index contributed by atoms with van der Waals surface area (Å²) in [6, 6.07) is 68.7. The Bertz CT molecular complexity index is 3770. The number of aliphatic hydroxyl groups excluding tert-OH is 1. The van der Waals surface area contributed by atoms with Gasteiger partial charge in [-0.1, -0.05) is 233 Å². The number of hydrogen-bond donors (Lipinski definition) is 6. The average molecular weight is 1660 g/mol. The van der Waals surface area contributed by atoms with Crippen LogP contribution in [0.3, 0.4) is 0 Å². The van der Waals surface area contributed by atoms with Gasteiger partial charge in [0.05, 0.1) is 80.2 Å². The number of nitrogens with one attached hydrogen (secondary N) is 2. The van der Waals surface area contributed by atoms with Gasteiger partial charge in [0, 0.05) is 50.9 Å². The smallest absolute Gasteiger partial charge is 0.794 e. The van der Waals surface area contributed by atoms with Crippen LogP contribution in [-0.2, 0) is 116 Å². The predicted molar refractivity (Wildman–Crippen MR) is 416 cm³/mol. The fraction of sp³-hybridized carbons (Fsp3) is 0.351. The minimum atomic E-state index is -4.06. The van der Waals surface area contributed by atoms with Crippen LogP contribution in [-0.4, -0.2) is 154 Å². The third-order valence-corrected chi connectivity index (χ3v) is 18.2. The van der Waals surface area contributed by atoms with E-state index in [4.69, 9.17) is 45.6 Å². The fourth-order valence-corrected chi connectivity index (χ4v) is 10.5. The molecule has 0 fully saturated rings. The quantitative estimate of drug-likeness (QED) is 0.00359. The van der Waals surface area contributed by atoms with Crippen molar-refractivity contribution in [1.82, 2.24) is 25.7 Å². The number of halogens is 1. The summed E-state index contributed by atoms with van der Waals surface area (Å²) in [6.07, 6.45) is -0.185. The van der Waals surface area contributed by atoms with Gasteiger partial charge < -0.3 is 47.9 Å². The van der Waals surface area contributed by atoms with Gasteiger partial charge in [0.1, 0.15) is 19.1 Å². The number of hydroxylamine groups is 3. The summed E-state index contributed by atoms with van der Waals surface area (Å²) in [7, 11) is -12.6. The number of aldehydes is 1. The van der Waals surface area contributed by atoms with E-state index in [1.165, 1.54) is 27.4 Å². The summed E-state index contributed by atoms with van der Waals surface area (Å²) >= 11 is 4.86. The summed E-state index contributed by atoms with van der Waals surface area (Å²) in [5, 5.41) is 37.6. The molecular formula is C77H103ClN5Na2O22P4+. The Morgan fingerprint density at radius 3 is 1.20 bits per heavy atom. The van der Waals surface area contributed by atoms with Crippen molar-refractivity contribution < 1.29 is 165 Å². The van der Waals surface area contributed by atoms with E-state index in [2.05, 4.69) is 10.1 Å². The monoisotopic (exact) mass is 1650 g/mol. The van der Waals surface area contributed by atoms with Crippen LogP contribution in [0.2, 0.25) is 0 Å². The third-order valence-electron chi connectivity index (χ3n) is 13.7. The molecule has 0 heterocycles. The molecule has 6 N–H and O–H groups in total. The molecule has 27 nitrogen and oxygen atoms in total. The minimum absolute atomic E-state index is 0. The van der Waals surface area contributed by atoms with E-state index in [1.54, 1.807) is 12.1 Å². The molecular weight excluding hydrogens is 1550 g/mol. The Morgan fingerprint density at radius 1 is 0.568 bits per heavy atom. The normalized spacial score (nSPS) is 12.1. The summed E-state index contributed by atoms with van der Waals surface area (Å²) in [4.78, 5) is 110. The topological polar surface area (TPSA) is 403 Å². The van der Waals surface area contributed by atoms with Crippen molar-refractivity contribution in [1.29, 1.82) is 0 Å². The number of nitrogens with zero attached hydrogens (tertiary/aromatic N) is 3. The second kappa shape index (κ2) is 65.1. The molecule has 0 aliphatic heterocycles. The van der Waals surface area contributed by atoms with Gasteiger partial charge in [0.15, 0.2) is 17.7 Å². The number of carboxylic acid groups (broad SMARTS) is 1. The zero-order chi connectivity index (χ0) is 82.1. The second-order valence-electron chi connectivity index (χ2n) is 23.9. The molecule has 7 rings (SSSR count). The SMILES string of the molecule is CC(C)COC(=O)Cl.CC(NCC(=O)P(C)(=O)[O-])N(O)C(=O)CCO.CC=O.CCC(=O)P(C)(=O)[O-].CP(=O)(OCc1ccccc1)C(=O)CN(Cc1ccccc1)Cc1ccccc1.C[P+](=O)OCc1ccccc1.O=C(CCOCc1ccccc1)NO.O=C(O)CN(Cc1ccccc1)Cc1ccccc1.[Na+].[Na+]. The van der Waals surface area contributed by atoms with Gasteiger partial charge in [0.25, 0.3) is 7.37 Å². The molecule has 0 bridgehead atoms. The molecule has 7 aromatic carbocycles. The molecule has 5 unspecified atom stereocenters. The van der Waals surface area contributed by atoms with Crippen molar-refractivity contribution in [2.75, 3.05) is 66.1 Å². The molecule has 0 aliphatic rings. The van der Waals surface area contributed by atoms with Crippen molar-refractivity contribution in [2.45, 2.75) is 106 Å². The van der Waals surface area contributed by atoms with E-state index in [1.807, 2.05) is 236 Å². The first-order chi connectivity index (χ1) is 51.6. The van der Waals surface area contributed by atoms with Crippen LogP contribution < -0.4 is 79.7 Å². The van der Waals surface area contributed by atoms with Gasteiger partial charge in [-0.3, -0.25) is 58.9 Å². The summed E-state index contributed by atoms with van der Waals surface area (Å²) in [6.45, 7) is 16.4. The Kier molecular flexibility index (Phi) is 63.8. The van der Waals surface area contributed by atoms with Gasteiger partial charge in [0.2, 0.25) is 17.3 Å². The zero-order valence-electron chi connectivity index (χ0n) is 64.9. The minimum Gasteiger partial charge on any atom is -0.794 e. The molecule has 111 heavy (non-hydrogen) atoms. The molecule has 34 heteroatoms. The first kappa shape index (κ1) is 109. The maximum Gasteiger partial charge on any atom is 1.00 e. The third kappa shape index (κ3) is 59.1. The Hall–Kier alpha value is -6.26. The number of carboxylic acids is 1. The molecule has 5 atom stereocenters. The van der Waals surface area contributed by atoms with Crippen LogP contribution in [0.15, 0.2) is 212 Å². The van der Waals surface area contributed by atoms with Crippen molar-refractivity contribution in [3.05, 3.63) is 251 Å². The zero-order valence-corrected chi connectivity index (χ0v) is 73.2. The van der Waals surface area contributed by atoms with E-state index >= 15 is 0 Å². The van der Waals surface area contributed by atoms with Crippen molar-refractivity contribution in [3.8, 4) is 0 Å². The number of carbonyl (C=O) groups is 8. The average Bonchev–Trinajstić information content (AvgIpc) is 0.856. The van der Waals surface area contributed by atoms with E-state index < -0.39 is 83.7 Å². The standard InChI is InChI=1S/C24H26NO3P.C16H17NO2.C10H13NO3.C8H17N2O6P.C8H10O2P.C5H9ClO2.C4H9O3P.C2H4O.2Na/c1-29(27,28-20-23-15-9-4-10-16-23)24(26)19-25(17-21-11-5-2-6-12-21)18-22-13-7-3-8-14-22;18-16(19)13-17(11-14-7-3-1-4-8-14)12-15-9-5-2-6-10-15;12-10(11-13)6-7-14-8-9-4-2-1-3-5-9;1-6(10(14)7(12)3-4-11)9-5-8(13)17(2,15)16;1-11(9)10-7-8-5-3-2-4-6-8;1-4(2)3-8-5(6)7;1-3-4(5)8(2,6)7;1-2-3;;/h2-16H,17-20H2,1H3;1-10H,11-13H2,(H,18,19);1-5,13H,6-8H2,(H,11,12);6,9,11,14H,3-5H2,1-2H3,(H,15,16);2-6H,7H2,1H3;4H,3H2,1-2H3;3H2,1-2H3,(H,6,7);2H,1H3;;/q;;;;+1;;;;2*+1/p-2. The van der Waals surface area contributed by atoms with Crippen LogP contribution >= 0.6 is 41.7 Å². The van der Waals surface area contributed by atoms with Crippen LogP contribution in [0.25, 0.3) is 0 Å². The molecule has 0 radical (unpaired) electrons. The van der Waals surface area contributed by atoms with Gasteiger partial charge in [-0.15, -0.1) is 4.52 Å². The molecule has 0 saturated carbocycles. The fourth-order valence-electron chi connectivity index (χ4n) is 8.19. The van der Waals surface area contributed by atoms with E-state index in [0.29, 0.717) is 63.6 Å². The van der Waals surface area contributed by atoms with E-state index in [0.717, 1.165) is 58.6 Å².